The van der Waals surface area contributed by atoms with E-state index in [4.69, 9.17) is 9.47 Å². The van der Waals surface area contributed by atoms with Crippen LogP contribution in [-0.2, 0) is 19.1 Å². The van der Waals surface area contributed by atoms with Crippen molar-refractivity contribution in [1.82, 2.24) is 4.98 Å². The van der Waals surface area contributed by atoms with E-state index in [2.05, 4.69) is 4.98 Å². The number of hydrogen-bond donors (Lipinski definition) is 0. The normalized spacial score (nSPS) is 12.9. The Balaban J connectivity index is 2.68. The number of aromatic nitrogens is 1. The van der Waals surface area contributed by atoms with Crippen LogP contribution in [0.3, 0.4) is 0 Å². The van der Waals surface area contributed by atoms with E-state index in [0.29, 0.717) is 11.1 Å². The highest BCUT2D eigenvalue weighted by Crippen LogP contribution is 2.40. The standard InChI is InChI=1S/C18H18N2O6/c1-25-17(21)15(18(22)26-2)14(13-9-6-10-19-11-13)16(20(23)24)12-7-4-3-5-8-12/h3-11,14-16H,1-2H3. The summed E-state index contributed by atoms with van der Waals surface area (Å²) in [5, 5.41) is 11.9. The van der Waals surface area contributed by atoms with Gasteiger partial charge in [0.2, 0.25) is 6.04 Å². The number of esters is 2. The van der Waals surface area contributed by atoms with Crippen molar-refractivity contribution < 1.29 is 24.0 Å². The lowest BCUT2D eigenvalue weighted by molar-refractivity contribution is -0.534. The summed E-state index contributed by atoms with van der Waals surface area (Å²) in [5.74, 6) is -4.48. The Labute approximate surface area is 149 Å². The molecule has 0 aliphatic carbocycles. The number of carbonyl (C=O) groups excluding carboxylic acids is 2. The molecule has 0 N–H and O–H groups in total. The number of hydrogen-bond acceptors (Lipinski definition) is 7. The molecular formula is C18H18N2O6. The van der Waals surface area contributed by atoms with E-state index >= 15 is 0 Å². The van der Waals surface area contributed by atoms with E-state index in [1.54, 1.807) is 42.5 Å². The zero-order valence-electron chi connectivity index (χ0n) is 14.3. The Kier molecular flexibility index (Phi) is 6.37. The molecule has 2 atom stereocenters. The van der Waals surface area contributed by atoms with Crippen LogP contribution >= 0.6 is 0 Å². The van der Waals surface area contributed by atoms with E-state index < -0.39 is 34.7 Å². The van der Waals surface area contributed by atoms with Crippen molar-refractivity contribution in [3.05, 3.63) is 76.1 Å². The molecule has 0 spiro atoms. The first kappa shape index (κ1) is 19.0. The van der Waals surface area contributed by atoms with Crippen molar-refractivity contribution in [3.63, 3.8) is 0 Å². The third-order valence-electron chi connectivity index (χ3n) is 4.05. The topological polar surface area (TPSA) is 109 Å². The summed E-state index contributed by atoms with van der Waals surface area (Å²) in [5.41, 5.74) is 0.711. The van der Waals surface area contributed by atoms with Crippen molar-refractivity contribution in [2.24, 2.45) is 5.92 Å². The van der Waals surface area contributed by atoms with E-state index in [-0.39, 0.29) is 0 Å². The van der Waals surface area contributed by atoms with Crippen LogP contribution in [0.2, 0.25) is 0 Å². The zero-order valence-corrected chi connectivity index (χ0v) is 14.3. The van der Waals surface area contributed by atoms with Crippen LogP contribution in [0.4, 0.5) is 0 Å². The van der Waals surface area contributed by atoms with E-state index in [0.717, 1.165) is 14.2 Å². The second kappa shape index (κ2) is 8.70. The van der Waals surface area contributed by atoms with Gasteiger partial charge in [0, 0.05) is 22.9 Å². The molecule has 0 saturated carbocycles. The van der Waals surface area contributed by atoms with Crippen molar-refractivity contribution in [3.8, 4) is 0 Å². The third-order valence-corrected chi connectivity index (χ3v) is 4.05. The maximum absolute atomic E-state index is 12.3. The maximum atomic E-state index is 12.3. The summed E-state index contributed by atoms with van der Waals surface area (Å²) in [6, 6.07) is 9.95. The van der Waals surface area contributed by atoms with Crippen LogP contribution < -0.4 is 0 Å². The average molecular weight is 358 g/mol. The average Bonchev–Trinajstić information content (AvgIpc) is 2.68. The highest BCUT2D eigenvalue weighted by atomic mass is 16.6. The van der Waals surface area contributed by atoms with Crippen LogP contribution in [0.15, 0.2) is 54.9 Å². The summed E-state index contributed by atoms with van der Waals surface area (Å²) in [7, 11) is 2.23. The van der Waals surface area contributed by atoms with Gasteiger partial charge in [-0.15, -0.1) is 0 Å². The van der Waals surface area contributed by atoms with Gasteiger partial charge in [-0.2, -0.15) is 0 Å². The largest absolute Gasteiger partial charge is 0.468 e. The van der Waals surface area contributed by atoms with Gasteiger partial charge in [0.15, 0.2) is 5.92 Å². The molecular weight excluding hydrogens is 340 g/mol. The minimum absolute atomic E-state index is 0.351. The van der Waals surface area contributed by atoms with Crippen LogP contribution in [0.1, 0.15) is 23.1 Å². The van der Waals surface area contributed by atoms with Gasteiger partial charge in [0.1, 0.15) is 0 Å². The lowest BCUT2D eigenvalue weighted by Crippen LogP contribution is -2.37. The molecule has 0 saturated heterocycles. The van der Waals surface area contributed by atoms with Crippen molar-refractivity contribution in [2.75, 3.05) is 14.2 Å². The molecule has 1 heterocycles. The molecule has 0 radical (unpaired) electrons. The molecule has 26 heavy (non-hydrogen) atoms. The monoisotopic (exact) mass is 358 g/mol. The lowest BCUT2D eigenvalue weighted by atomic mass is 9.78. The fourth-order valence-electron chi connectivity index (χ4n) is 2.88. The van der Waals surface area contributed by atoms with Crippen molar-refractivity contribution in [1.29, 1.82) is 0 Å². The molecule has 2 aromatic rings. The zero-order chi connectivity index (χ0) is 19.1. The van der Waals surface area contributed by atoms with Crippen LogP contribution in [0, 0.1) is 16.0 Å². The Morgan fingerprint density at radius 1 is 1.00 bits per heavy atom. The quantitative estimate of drug-likeness (QED) is 0.323. The predicted molar refractivity (Wildman–Crippen MR) is 90.7 cm³/mol. The van der Waals surface area contributed by atoms with Crippen LogP contribution in [0.25, 0.3) is 0 Å². The fourth-order valence-corrected chi connectivity index (χ4v) is 2.88. The van der Waals surface area contributed by atoms with Gasteiger partial charge >= 0.3 is 11.9 Å². The Morgan fingerprint density at radius 3 is 2.04 bits per heavy atom. The molecule has 136 valence electrons. The van der Waals surface area contributed by atoms with Crippen LogP contribution in [0.5, 0.6) is 0 Å². The Morgan fingerprint density at radius 2 is 1.58 bits per heavy atom. The van der Waals surface area contributed by atoms with Gasteiger partial charge < -0.3 is 9.47 Å². The summed E-state index contributed by atoms with van der Waals surface area (Å²) < 4.78 is 9.44. The van der Waals surface area contributed by atoms with Gasteiger partial charge in [0.05, 0.1) is 20.1 Å². The van der Waals surface area contributed by atoms with Gasteiger partial charge in [-0.1, -0.05) is 36.4 Å². The number of methoxy groups -OCH3 is 2. The van der Waals surface area contributed by atoms with E-state index in [1.807, 2.05) is 0 Å². The molecule has 0 amide bonds. The molecule has 0 fully saturated rings. The maximum Gasteiger partial charge on any atom is 0.320 e. The van der Waals surface area contributed by atoms with Gasteiger partial charge in [0.25, 0.3) is 0 Å². The summed E-state index contributed by atoms with van der Waals surface area (Å²) in [6.07, 6.45) is 2.89. The number of nitrogens with zero attached hydrogens (tertiary/aromatic N) is 2. The Bertz CT molecular complexity index is 750. The lowest BCUT2D eigenvalue weighted by Gasteiger charge is -2.26. The predicted octanol–water partition coefficient (Wildman–Crippen LogP) is 2.15. The second-order valence-electron chi connectivity index (χ2n) is 5.48. The number of carbonyl (C=O) groups is 2. The SMILES string of the molecule is COC(=O)C(C(=O)OC)C(c1cccnc1)C(c1ccccc1)[N+](=O)[O-]. The molecule has 1 aromatic heterocycles. The first-order valence-corrected chi connectivity index (χ1v) is 7.75. The molecule has 2 rings (SSSR count). The molecule has 0 aliphatic rings. The fraction of sp³-hybridized carbons (Fsp3) is 0.278. The van der Waals surface area contributed by atoms with E-state index in [1.165, 1.54) is 12.4 Å². The summed E-state index contributed by atoms with van der Waals surface area (Å²) in [6.45, 7) is 0. The molecule has 0 bridgehead atoms. The third kappa shape index (κ3) is 4.02. The number of pyridine rings is 1. The van der Waals surface area contributed by atoms with Gasteiger partial charge in [-0.25, -0.2) is 0 Å². The minimum Gasteiger partial charge on any atom is -0.468 e. The highest BCUT2D eigenvalue weighted by molar-refractivity contribution is 5.96. The molecule has 0 aliphatic heterocycles. The number of nitro groups is 1. The number of rotatable bonds is 7. The number of benzene rings is 1. The number of ether oxygens (including phenoxy) is 2. The van der Waals surface area contributed by atoms with Crippen LogP contribution in [-0.4, -0.2) is 36.1 Å². The van der Waals surface area contributed by atoms with Gasteiger partial charge in [-0.05, 0) is 11.6 Å². The molecule has 2 unspecified atom stereocenters. The van der Waals surface area contributed by atoms with Crippen molar-refractivity contribution in [2.45, 2.75) is 12.0 Å². The van der Waals surface area contributed by atoms with Gasteiger partial charge in [-0.3, -0.25) is 24.7 Å². The minimum atomic E-state index is -1.51. The Hall–Kier alpha value is -3.29. The molecule has 8 nitrogen and oxygen atoms in total. The molecule has 8 heteroatoms. The summed E-state index contributed by atoms with van der Waals surface area (Å²) >= 11 is 0. The highest BCUT2D eigenvalue weighted by Gasteiger charge is 2.48. The smallest absolute Gasteiger partial charge is 0.320 e. The van der Waals surface area contributed by atoms with E-state index in [9.17, 15) is 19.7 Å². The van der Waals surface area contributed by atoms with Crippen molar-refractivity contribution >= 4 is 11.9 Å². The second-order valence-corrected chi connectivity index (χ2v) is 5.48. The first-order valence-electron chi connectivity index (χ1n) is 7.75. The first-order chi connectivity index (χ1) is 12.5. The molecule has 1 aromatic carbocycles. The summed E-state index contributed by atoms with van der Waals surface area (Å²) in [4.78, 5) is 40.0.